The van der Waals surface area contributed by atoms with E-state index in [1.807, 2.05) is 7.05 Å². The maximum Gasteiger partial charge on any atom is 0.220 e. The van der Waals surface area contributed by atoms with E-state index in [4.69, 9.17) is 0 Å². The molecule has 0 aliphatic heterocycles. The highest BCUT2D eigenvalue weighted by molar-refractivity contribution is 5.76. The first kappa shape index (κ1) is 47.9. The van der Waals surface area contributed by atoms with E-state index in [-0.39, 0.29) is 34.9 Å². The van der Waals surface area contributed by atoms with E-state index in [0.717, 1.165) is 90.1 Å². The molecule has 7 heteroatoms. The molecule has 4 N–H and O–H groups in total. The van der Waals surface area contributed by atoms with Gasteiger partial charge in [0, 0.05) is 39.0 Å². The van der Waals surface area contributed by atoms with Crippen LogP contribution in [-0.4, -0.2) is 72.4 Å². The van der Waals surface area contributed by atoms with Crippen LogP contribution in [0.5, 0.6) is 0 Å². The number of amides is 2. The van der Waals surface area contributed by atoms with Crippen molar-refractivity contribution in [1.29, 1.82) is 0 Å². The topological polar surface area (TPSA) is 102 Å². The molecule has 0 aromatic rings. The molecule has 0 bridgehead atoms. The van der Waals surface area contributed by atoms with E-state index in [9.17, 15) is 19.8 Å². The van der Waals surface area contributed by atoms with Crippen molar-refractivity contribution in [1.82, 2.24) is 15.5 Å². The summed E-state index contributed by atoms with van der Waals surface area (Å²) in [6.45, 7) is 12.2. The second-order valence-corrected chi connectivity index (χ2v) is 18.9. The Bertz CT molecular complexity index is 1420. The number of aliphatic hydroxyl groups excluding tert-OH is 2. The number of carbonyl (C=O) groups is 2. The normalized spacial score (nSPS) is 31.9. The van der Waals surface area contributed by atoms with Crippen molar-refractivity contribution < 1.29 is 19.8 Å². The van der Waals surface area contributed by atoms with Crippen molar-refractivity contribution in [2.45, 2.75) is 155 Å². The van der Waals surface area contributed by atoms with Crippen LogP contribution in [0.1, 0.15) is 143 Å². The summed E-state index contributed by atoms with van der Waals surface area (Å²) >= 11 is 0. The summed E-state index contributed by atoms with van der Waals surface area (Å²) in [4.78, 5) is 27.3. The molecular weight excluding hydrogens is 719 g/mol. The number of nitrogens with zero attached hydrogens (tertiary/aromatic N) is 1. The predicted molar refractivity (Wildman–Crippen MR) is 242 cm³/mol. The van der Waals surface area contributed by atoms with Gasteiger partial charge in [-0.3, -0.25) is 9.59 Å². The highest BCUT2D eigenvalue weighted by Gasteiger charge is 2.62. The van der Waals surface area contributed by atoms with Crippen LogP contribution >= 0.6 is 0 Å². The minimum absolute atomic E-state index is 0.0774. The van der Waals surface area contributed by atoms with Crippen molar-refractivity contribution in [3.63, 3.8) is 0 Å². The molecule has 0 saturated heterocycles. The summed E-state index contributed by atoms with van der Waals surface area (Å²) in [6, 6.07) is 0. The molecule has 0 heterocycles. The summed E-state index contributed by atoms with van der Waals surface area (Å²) in [5.41, 5.74) is 0.493. The van der Waals surface area contributed by atoms with Gasteiger partial charge in [0.1, 0.15) is 0 Å². The van der Waals surface area contributed by atoms with Crippen LogP contribution in [0.25, 0.3) is 0 Å². The van der Waals surface area contributed by atoms with Crippen LogP contribution in [0.4, 0.5) is 0 Å². The van der Waals surface area contributed by atoms with Crippen molar-refractivity contribution >= 4 is 11.8 Å². The molecule has 0 spiro atoms. The van der Waals surface area contributed by atoms with Crippen LogP contribution in [0, 0.1) is 46.3 Å². The number of likely N-dealkylation sites (N-methyl/N-ethyl adjacent to an activating group) is 1. The lowest BCUT2D eigenvalue weighted by Crippen LogP contribution is -2.58. The van der Waals surface area contributed by atoms with E-state index in [1.165, 1.54) is 25.7 Å². The second-order valence-electron chi connectivity index (χ2n) is 18.9. The molecule has 2 amide bonds. The third-order valence-electron chi connectivity index (χ3n) is 15.0. The van der Waals surface area contributed by atoms with Gasteiger partial charge in [-0.15, -0.1) is 0 Å². The highest BCUT2D eigenvalue weighted by atomic mass is 16.3. The smallest absolute Gasteiger partial charge is 0.220 e. The van der Waals surface area contributed by atoms with Crippen LogP contribution in [0.15, 0.2) is 72.9 Å². The zero-order valence-electron chi connectivity index (χ0n) is 37.3. The van der Waals surface area contributed by atoms with E-state index in [0.29, 0.717) is 61.4 Å². The molecule has 4 rings (SSSR count). The van der Waals surface area contributed by atoms with Gasteiger partial charge in [0.05, 0.1) is 12.2 Å². The van der Waals surface area contributed by atoms with Crippen molar-refractivity contribution in [2.75, 3.05) is 33.2 Å². The minimum Gasteiger partial charge on any atom is -0.393 e. The molecule has 0 aromatic carbocycles. The molecule has 0 aromatic heterocycles. The SMILES string of the molecule is CCC=CCC=CCC=CCC=CCC=CCC=CCCC(=O)NCCN(C)CCNC(=O)CCC(C)C1CCC2C3C(O)CC4CC(O)CCC4(C)C3CCC12C. The first-order valence-corrected chi connectivity index (χ1v) is 23.5. The van der Waals surface area contributed by atoms with Gasteiger partial charge in [-0.05, 0) is 156 Å². The fourth-order valence-corrected chi connectivity index (χ4v) is 11.7. The molecule has 58 heavy (non-hydrogen) atoms. The first-order chi connectivity index (χ1) is 28.0. The van der Waals surface area contributed by atoms with E-state index < -0.39 is 0 Å². The maximum atomic E-state index is 12.9. The third-order valence-corrected chi connectivity index (χ3v) is 15.0. The molecule has 4 aliphatic rings. The van der Waals surface area contributed by atoms with Gasteiger partial charge in [-0.1, -0.05) is 101 Å². The Hall–Kier alpha value is -2.74. The Morgan fingerprint density at radius 3 is 1.79 bits per heavy atom. The Kier molecular flexibility index (Phi) is 20.8. The zero-order chi connectivity index (χ0) is 41.8. The van der Waals surface area contributed by atoms with Crippen molar-refractivity contribution in [2.24, 2.45) is 46.3 Å². The third kappa shape index (κ3) is 14.5. The quantitative estimate of drug-likeness (QED) is 0.0729. The summed E-state index contributed by atoms with van der Waals surface area (Å²) < 4.78 is 0. The molecule has 4 aliphatic carbocycles. The van der Waals surface area contributed by atoms with Crippen LogP contribution < -0.4 is 10.6 Å². The Labute approximate surface area is 354 Å². The fraction of sp³-hybridized carbons (Fsp3) is 0.725. The standard InChI is InChI=1S/C51H83N3O4/c1-6-7-8-9-10-11-12-13-14-15-16-17-18-19-20-21-22-23-24-25-47(57)52-34-36-54(5)37-35-53-48(58)29-26-40(2)43-27-28-44-49-45(31-33-51(43,44)4)50(3)32-30-42(55)38-41(50)39-46(49)56/h7-8,10-11,13-14,16-17,19-20,22-23,40-46,49,55-56H,6,9,12,15,18,21,24-39H2,1-5H3,(H,52,57)(H,53,58). The fourth-order valence-electron chi connectivity index (χ4n) is 11.7. The number of hydrogen-bond donors (Lipinski definition) is 4. The molecule has 7 nitrogen and oxygen atoms in total. The van der Waals surface area contributed by atoms with E-state index >= 15 is 0 Å². The summed E-state index contributed by atoms with van der Waals surface area (Å²) in [6.07, 6.45) is 43.0. The van der Waals surface area contributed by atoms with Gasteiger partial charge in [0.15, 0.2) is 0 Å². The highest BCUT2D eigenvalue weighted by Crippen LogP contribution is 2.68. The number of fused-ring (bicyclic) bond motifs is 5. The molecule has 326 valence electrons. The monoisotopic (exact) mass is 802 g/mol. The lowest BCUT2D eigenvalue weighted by Gasteiger charge is -2.62. The number of aliphatic hydroxyl groups is 2. The second kappa shape index (κ2) is 25.1. The molecule has 4 saturated carbocycles. The van der Waals surface area contributed by atoms with Gasteiger partial charge in [0.2, 0.25) is 11.8 Å². The largest absolute Gasteiger partial charge is 0.393 e. The van der Waals surface area contributed by atoms with Gasteiger partial charge < -0.3 is 25.7 Å². The van der Waals surface area contributed by atoms with Crippen molar-refractivity contribution in [3.8, 4) is 0 Å². The molecule has 0 radical (unpaired) electrons. The van der Waals surface area contributed by atoms with Gasteiger partial charge >= 0.3 is 0 Å². The summed E-state index contributed by atoms with van der Waals surface area (Å²) in [5.74, 6) is 3.26. The van der Waals surface area contributed by atoms with Crippen LogP contribution in [0.3, 0.4) is 0 Å². The number of rotatable bonds is 24. The van der Waals surface area contributed by atoms with E-state index in [2.05, 4.69) is 116 Å². The average Bonchev–Trinajstić information content (AvgIpc) is 3.55. The van der Waals surface area contributed by atoms with Gasteiger partial charge in [-0.2, -0.15) is 0 Å². The van der Waals surface area contributed by atoms with Crippen LogP contribution in [0.2, 0.25) is 0 Å². The Morgan fingerprint density at radius 1 is 0.690 bits per heavy atom. The molecule has 4 fully saturated rings. The van der Waals surface area contributed by atoms with Gasteiger partial charge in [0.25, 0.3) is 0 Å². The molecular formula is C51H83N3O4. The number of hydrogen-bond acceptors (Lipinski definition) is 5. The predicted octanol–water partition coefficient (Wildman–Crippen LogP) is 10.0. The minimum atomic E-state index is -0.244. The maximum absolute atomic E-state index is 12.9. The van der Waals surface area contributed by atoms with Crippen LogP contribution in [-0.2, 0) is 9.59 Å². The lowest BCUT2D eigenvalue weighted by atomic mass is 9.43. The molecule has 10 unspecified atom stereocenters. The average molecular weight is 802 g/mol. The summed E-state index contributed by atoms with van der Waals surface area (Å²) in [5, 5.41) is 28.1. The number of allylic oxidation sites excluding steroid dienone is 12. The van der Waals surface area contributed by atoms with Gasteiger partial charge in [-0.25, -0.2) is 0 Å². The van der Waals surface area contributed by atoms with E-state index in [1.54, 1.807) is 0 Å². The Morgan fingerprint density at radius 2 is 1.21 bits per heavy atom. The number of nitrogens with one attached hydrogen (secondary N) is 2. The first-order valence-electron chi connectivity index (χ1n) is 23.5. The lowest BCUT2D eigenvalue weighted by molar-refractivity contribution is -0.174. The zero-order valence-corrected chi connectivity index (χ0v) is 37.3. The Balaban J connectivity index is 0.999. The molecule has 10 atom stereocenters. The van der Waals surface area contributed by atoms with Crippen molar-refractivity contribution in [3.05, 3.63) is 72.9 Å². The summed E-state index contributed by atoms with van der Waals surface area (Å²) in [7, 11) is 2.03. The number of carbonyl (C=O) groups excluding carboxylic acids is 2.